The molecule has 8 aromatic rings. The second kappa shape index (κ2) is 18.3. The van der Waals surface area contributed by atoms with Crippen LogP contribution in [0.4, 0.5) is 17.1 Å². The Bertz CT molecular complexity index is 3180. The first-order valence-electron chi connectivity index (χ1n) is 21.3. The van der Waals surface area contributed by atoms with Crippen molar-refractivity contribution in [2.75, 3.05) is 4.90 Å². The molecule has 306 valence electrons. The number of hydrogen-bond donors (Lipinski definition) is 0. The summed E-state index contributed by atoms with van der Waals surface area (Å²) in [6.07, 6.45) is 12.6. The molecule has 1 aromatic heterocycles. The van der Waals surface area contributed by atoms with E-state index in [2.05, 4.69) is 205 Å². The molecular weight excluding hydrogens is 785 g/mol. The number of hydrogen-bond acceptors (Lipinski definition) is 4. The van der Waals surface area contributed by atoms with Gasteiger partial charge in [-0.3, -0.25) is 9.98 Å². The molecule has 1 aliphatic heterocycles. The molecule has 0 spiro atoms. The minimum Gasteiger partial charge on any atom is -0.310 e. The van der Waals surface area contributed by atoms with Gasteiger partial charge in [-0.25, -0.2) is 0 Å². The van der Waals surface area contributed by atoms with E-state index in [-0.39, 0.29) is 0 Å². The summed E-state index contributed by atoms with van der Waals surface area (Å²) < 4.78 is 2.38. The Morgan fingerprint density at radius 2 is 1.43 bits per heavy atom. The number of allylic oxidation sites excluding steroid dienone is 7. The topological polar surface area (TPSA) is 32.9 Å². The molecule has 0 saturated carbocycles. The lowest BCUT2D eigenvalue weighted by Gasteiger charge is -2.33. The van der Waals surface area contributed by atoms with Gasteiger partial charge in [0.25, 0.3) is 0 Å². The third-order valence-corrected chi connectivity index (χ3v) is 12.7. The molecule has 1 aliphatic rings. The summed E-state index contributed by atoms with van der Waals surface area (Å²) in [4.78, 5) is 14.5. The Morgan fingerprint density at radius 3 is 2.21 bits per heavy atom. The van der Waals surface area contributed by atoms with E-state index < -0.39 is 0 Å². The highest BCUT2D eigenvalue weighted by molar-refractivity contribution is 7.99. The molecule has 7 aromatic carbocycles. The average molecular weight is 833 g/mol. The molecular formula is C58H48N4S. The second-order valence-corrected chi connectivity index (χ2v) is 16.5. The number of benzene rings is 7. The minimum absolute atomic E-state index is 0.553. The largest absolute Gasteiger partial charge is 0.310 e. The zero-order chi connectivity index (χ0) is 43.3. The lowest BCUT2D eigenvalue weighted by molar-refractivity contribution is 1.07. The van der Waals surface area contributed by atoms with Gasteiger partial charge >= 0.3 is 0 Å². The number of rotatable bonds is 12. The smallest absolute Gasteiger partial charge is 0.0717 e. The monoisotopic (exact) mass is 832 g/mol. The van der Waals surface area contributed by atoms with Gasteiger partial charge in [-0.15, -0.1) is 0 Å². The number of aromatic nitrogens is 1. The quantitative estimate of drug-likeness (QED) is 0.0907. The Morgan fingerprint density at radius 1 is 0.698 bits per heavy atom. The predicted molar refractivity (Wildman–Crippen MR) is 273 cm³/mol. The maximum Gasteiger partial charge on any atom is 0.0717 e. The molecule has 5 heteroatoms. The van der Waals surface area contributed by atoms with Gasteiger partial charge in [0.1, 0.15) is 0 Å². The van der Waals surface area contributed by atoms with E-state index in [1.165, 1.54) is 37.2 Å². The van der Waals surface area contributed by atoms with Gasteiger partial charge in [-0.05, 0) is 133 Å². The van der Waals surface area contributed by atoms with E-state index in [0.29, 0.717) is 6.54 Å². The SMILES string of the molecule is C=C/C(=C\c1c(C)c2c3ccccc3ccc2n1-c1cccc(/C(=C/C(=NCc2ccccc2)C(/C=C\C)=C/C)N=C)c1)c1ccc2c(c1)Sc1ccccc1N2c1ccccc1. The molecule has 0 radical (unpaired) electrons. The molecule has 9 rings (SSSR count). The van der Waals surface area contributed by atoms with E-state index in [9.17, 15) is 0 Å². The van der Waals surface area contributed by atoms with Gasteiger partial charge in [0.2, 0.25) is 0 Å². The summed E-state index contributed by atoms with van der Waals surface area (Å²) in [7, 11) is 0. The summed E-state index contributed by atoms with van der Waals surface area (Å²) in [5.41, 5.74) is 14.7. The van der Waals surface area contributed by atoms with Gasteiger partial charge in [-0.2, -0.15) is 0 Å². The van der Waals surface area contributed by atoms with Gasteiger partial charge in [0.15, 0.2) is 0 Å². The van der Waals surface area contributed by atoms with Crippen LogP contribution in [0.2, 0.25) is 0 Å². The molecule has 0 saturated heterocycles. The number of aliphatic imine (C=N–C) groups is 2. The van der Waals surface area contributed by atoms with Crippen molar-refractivity contribution in [1.82, 2.24) is 4.57 Å². The van der Waals surface area contributed by atoms with Crippen LogP contribution in [0.3, 0.4) is 0 Å². The van der Waals surface area contributed by atoms with Crippen molar-refractivity contribution in [3.8, 4) is 5.69 Å². The second-order valence-electron chi connectivity index (χ2n) is 15.4. The van der Waals surface area contributed by atoms with Gasteiger partial charge < -0.3 is 9.47 Å². The van der Waals surface area contributed by atoms with E-state index in [0.717, 1.165) is 67.5 Å². The van der Waals surface area contributed by atoms with Crippen LogP contribution in [0.25, 0.3) is 44.7 Å². The van der Waals surface area contributed by atoms with E-state index in [1.54, 1.807) is 0 Å². The molecule has 0 fully saturated rings. The summed E-state index contributed by atoms with van der Waals surface area (Å²) in [5, 5.41) is 3.65. The molecule has 0 bridgehead atoms. The van der Waals surface area contributed by atoms with Crippen molar-refractivity contribution in [2.24, 2.45) is 9.98 Å². The molecule has 63 heavy (non-hydrogen) atoms. The number of fused-ring (bicyclic) bond motifs is 5. The van der Waals surface area contributed by atoms with Crippen LogP contribution in [0, 0.1) is 6.92 Å². The highest BCUT2D eigenvalue weighted by atomic mass is 32.2. The van der Waals surface area contributed by atoms with Crippen LogP contribution in [-0.2, 0) is 6.54 Å². The fourth-order valence-electron chi connectivity index (χ4n) is 8.56. The Labute approximate surface area is 375 Å². The van der Waals surface area contributed by atoms with Crippen molar-refractivity contribution in [3.05, 3.63) is 234 Å². The lowest BCUT2D eigenvalue weighted by atomic mass is 10.0. The Hall–Kier alpha value is -7.47. The molecule has 0 N–H and O–H groups in total. The summed E-state index contributed by atoms with van der Waals surface area (Å²) in [6.45, 7) is 15.3. The van der Waals surface area contributed by atoms with Gasteiger partial charge in [0, 0.05) is 32.1 Å². The standard InChI is InChI=1S/C58H48N4S/c1-6-20-42(7-2)51(60-39-41-21-11-9-12-22-41)38-50(59-5)46-24-19-27-48(35-46)62-54-34-31-44-23-15-16-28-49(44)58(54)40(4)55(62)36-43(8-3)45-32-33-53-57(37-45)63-56-30-18-17-29-52(56)61(53)47-25-13-10-14-26-47/h6-38H,3,5,39H2,1-2,4H3/b20-6-,42-7+,43-36+,50-38-,60-51?. The highest BCUT2D eigenvalue weighted by Crippen LogP contribution is 2.52. The number of aryl methyl sites for hydroxylation is 1. The highest BCUT2D eigenvalue weighted by Gasteiger charge is 2.25. The van der Waals surface area contributed by atoms with Crippen molar-refractivity contribution in [3.63, 3.8) is 0 Å². The van der Waals surface area contributed by atoms with E-state index in [1.807, 2.05) is 56.0 Å². The number of anilines is 3. The molecule has 4 nitrogen and oxygen atoms in total. The Kier molecular flexibility index (Phi) is 11.9. The molecule has 0 atom stereocenters. The maximum absolute atomic E-state index is 5.10. The zero-order valence-electron chi connectivity index (χ0n) is 35.9. The minimum atomic E-state index is 0.553. The zero-order valence-corrected chi connectivity index (χ0v) is 36.7. The van der Waals surface area contributed by atoms with E-state index in [4.69, 9.17) is 4.99 Å². The summed E-state index contributed by atoms with van der Waals surface area (Å²) >= 11 is 1.81. The van der Waals surface area contributed by atoms with Crippen LogP contribution in [0.15, 0.2) is 226 Å². The molecule has 0 aliphatic carbocycles. The number of para-hydroxylation sites is 2. The van der Waals surface area contributed by atoms with Gasteiger partial charge in [-0.1, -0.05) is 152 Å². The van der Waals surface area contributed by atoms with Crippen LogP contribution in [0.1, 0.15) is 41.8 Å². The van der Waals surface area contributed by atoms with Crippen LogP contribution < -0.4 is 4.90 Å². The molecule has 0 unspecified atom stereocenters. The van der Waals surface area contributed by atoms with E-state index >= 15 is 0 Å². The average Bonchev–Trinajstić information content (AvgIpc) is 3.62. The molecule has 0 amide bonds. The Balaban J connectivity index is 1.19. The third kappa shape index (κ3) is 8.07. The summed E-state index contributed by atoms with van der Waals surface area (Å²) in [6, 6.07) is 58.1. The van der Waals surface area contributed by atoms with Gasteiger partial charge in [0.05, 0.1) is 40.5 Å². The number of nitrogens with zero attached hydrogens (tertiary/aromatic N) is 4. The van der Waals surface area contributed by atoms with Crippen molar-refractivity contribution in [2.45, 2.75) is 37.1 Å². The normalized spacial score (nSPS) is 13.4. The first kappa shape index (κ1) is 40.9. The third-order valence-electron chi connectivity index (χ3n) is 11.6. The van der Waals surface area contributed by atoms with Crippen molar-refractivity contribution < 1.29 is 0 Å². The fourth-order valence-corrected chi connectivity index (χ4v) is 9.66. The lowest BCUT2D eigenvalue weighted by Crippen LogP contribution is -2.14. The maximum atomic E-state index is 5.10. The first-order chi connectivity index (χ1) is 31.0. The fraction of sp³-hybridized carbons (Fsp3) is 0.0690. The predicted octanol–water partition coefficient (Wildman–Crippen LogP) is 16.0. The van der Waals surface area contributed by atoms with Crippen LogP contribution >= 0.6 is 11.8 Å². The van der Waals surface area contributed by atoms with Crippen molar-refractivity contribution >= 4 is 80.3 Å². The van der Waals surface area contributed by atoms with Crippen molar-refractivity contribution in [1.29, 1.82) is 0 Å². The molecule has 2 heterocycles. The van der Waals surface area contributed by atoms with Crippen LogP contribution in [0.5, 0.6) is 0 Å². The summed E-state index contributed by atoms with van der Waals surface area (Å²) in [5.74, 6) is 0. The van der Waals surface area contributed by atoms with Crippen LogP contribution in [-0.4, -0.2) is 17.0 Å². The first-order valence-corrected chi connectivity index (χ1v) is 22.1.